The normalized spacial score (nSPS) is 16.2. The highest BCUT2D eigenvalue weighted by molar-refractivity contribution is 7.92. The Labute approximate surface area is 201 Å². The molecular formula is C20H27N7O5S2. The molecule has 184 valence electrons. The molecule has 0 amide bonds. The van der Waals surface area contributed by atoms with Gasteiger partial charge in [0, 0.05) is 6.54 Å². The van der Waals surface area contributed by atoms with E-state index < -0.39 is 39.6 Å². The van der Waals surface area contributed by atoms with E-state index in [9.17, 15) is 18.0 Å². The highest BCUT2D eigenvalue weighted by atomic mass is 32.2. The van der Waals surface area contributed by atoms with Crippen LogP contribution in [-0.4, -0.2) is 55.0 Å². The molecule has 1 aromatic carbocycles. The van der Waals surface area contributed by atoms with E-state index in [1.807, 2.05) is 6.92 Å². The maximum atomic E-state index is 12.6. The minimum absolute atomic E-state index is 0.0185. The third-order valence-electron chi connectivity index (χ3n) is 4.97. The minimum atomic E-state index is -3.99. The maximum Gasteiger partial charge on any atom is 0.337 e. The largest absolute Gasteiger partial charge is 0.392 e. The predicted molar refractivity (Wildman–Crippen MR) is 125 cm³/mol. The average Bonchev–Trinajstić information content (AvgIpc) is 3.49. The number of carbonyl (C=O) groups excluding carboxylic acids is 2. The molecule has 0 fully saturated rings. The number of nitrogens with two attached hydrogens (primary N) is 2. The maximum absolute atomic E-state index is 12.6. The zero-order valence-corrected chi connectivity index (χ0v) is 20.4. The van der Waals surface area contributed by atoms with Gasteiger partial charge in [0.05, 0.1) is 23.9 Å². The van der Waals surface area contributed by atoms with Crippen LogP contribution in [0.15, 0.2) is 34.2 Å². The average molecular weight is 510 g/mol. The Kier molecular flexibility index (Phi) is 8.30. The molecule has 3 rings (SSSR count). The Bertz CT molecular complexity index is 1180. The molecule has 34 heavy (non-hydrogen) atoms. The highest BCUT2D eigenvalue weighted by Gasteiger charge is 2.30. The van der Waals surface area contributed by atoms with Crippen molar-refractivity contribution in [3.05, 3.63) is 39.8 Å². The van der Waals surface area contributed by atoms with Crippen molar-refractivity contribution in [3.63, 3.8) is 0 Å². The molecule has 1 aromatic heterocycles. The molecule has 3 unspecified atom stereocenters. The number of hydrogen-bond donors (Lipinski definition) is 4. The topological polar surface area (TPSA) is 192 Å². The van der Waals surface area contributed by atoms with Crippen LogP contribution in [0.25, 0.3) is 0 Å². The number of benzene rings is 1. The fourth-order valence-corrected chi connectivity index (χ4v) is 5.36. The first kappa shape index (κ1) is 25.7. The van der Waals surface area contributed by atoms with E-state index in [2.05, 4.69) is 25.8 Å². The number of ether oxygens (including phenoxy) is 1. The van der Waals surface area contributed by atoms with Crippen LogP contribution < -0.4 is 22.1 Å². The van der Waals surface area contributed by atoms with E-state index in [1.54, 1.807) is 19.1 Å². The van der Waals surface area contributed by atoms with Crippen molar-refractivity contribution < 1.29 is 22.7 Å². The van der Waals surface area contributed by atoms with Gasteiger partial charge in [-0.2, -0.15) is 0 Å². The molecular weight excluding hydrogens is 482 g/mol. The van der Waals surface area contributed by atoms with Crippen LogP contribution in [0.3, 0.4) is 0 Å². The molecule has 0 saturated heterocycles. The number of sulfone groups is 1. The molecule has 12 nitrogen and oxygen atoms in total. The third-order valence-corrected chi connectivity index (χ3v) is 7.96. The minimum Gasteiger partial charge on any atom is -0.392 e. The van der Waals surface area contributed by atoms with Crippen molar-refractivity contribution in [1.29, 1.82) is 0 Å². The number of aryl methyl sites for hydroxylation is 1. The van der Waals surface area contributed by atoms with Gasteiger partial charge in [-0.1, -0.05) is 30.4 Å². The van der Waals surface area contributed by atoms with Crippen LogP contribution >= 0.6 is 11.3 Å². The van der Waals surface area contributed by atoms with Gasteiger partial charge in [0.25, 0.3) is 0 Å². The summed E-state index contributed by atoms with van der Waals surface area (Å²) in [5, 5.41) is 13.5. The SMILES string of the molecule is CCC(NC1=NCCN1)c1nnc(C(N)C(=O)OC(=O)CC(N)S(=O)(=O)c2cccc(C)c2)s1. The van der Waals surface area contributed by atoms with E-state index in [0.29, 0.717) is 23.9 Å². The van der Waals surface area contributed by atoms with Crippen molar-refractivity contribution in [2.75, 3.05) is 13.1 Å². The monoisotopic (exact) mass is 509 g/mol. The van der Waals surface area contributed by atoms with E-state index >= 15 is 0 Å². The van der Waals surface area contributed by atoms with Crippen LogP contribution in [0.2, 0.25) is 0 Å². The first-order valence-electron chi connectivity index (χ1n) is 10.6. The number of nitrogens with zero attached hydrogens (tertiary/aromatic N) is 3. The lowest BCUT2D eigenvalue weighted by Gasteiger charge is -2.15. The summed E-state index contributed by atoms with van der Waals surface area (Å²) in [4.78, 5) is 28.8. The van der Waals surface area contributed by atoms with Crippen molar-refractivity contribution in [2.45, 2.75) is 49.0 Å². The Hall–Kier alpha value is -2.94. The van der Waals surface area contributed by atoms with Crippen molar-refractivity contribution >= 4 is 39.1 Å². The molecule has 2 heterocycles. The van der Waals surface area contributed by atoms with Crippen molar-refractivity contribution in [1.82, 2.24) is 20.8 Å². The number of aliphatic imine (C=N–C) groups is 1. The molecule has 6 N–H and O–H groups in total. The molecule has 1 aliphatic heterocycles. The zero-order valence-electron chi connectivity index (χ0n) is 18.7. The molecule has 0 radical (unpaired) electrons. The third kappa shape index (κ3) is 6.14. The summed E-state index contributed by atoms with van der Waals surface area (Å²) < 4.78 is 29.9. The first-order valence-corrected chi connectivity index (χ1v) is 12.9. The fraction of sp³-hybridized carbons (Fsp3) is 0.450. The van der Waals surface area contributed by atoms with Gasteiger partial charge in [0.15, 0.2) is 21.8 Å². The first-order chi connectivity index (χ1) is 16.1. The second-order valence-corrected chi connectivity index (χ2v) is 10.8. The summed E-state index contributed by atoms with van der Waals surface area (Å²) in [6.07, 6.45) is -0.0339. The van der Waals surface area contributed by atoms with E-state index in [0.717, 1.165) is 23.4 Å². The summed E-state index contributed by atoms with van der Waals surface area (Å²) in [6.45, 7) is 5.12. The van der Waals surface area contributed by atoms with Crippen LogP contribution in [-0.2, 0) is 24.2 Å². The van der Waals surface area contributed by atoms with Gasteiger partial charge in [-0.15, -0.1) is 10.2 Å². The number of carbonyl (C=O) groups is 2. The standard InChI is InChI=1S/C20H27N7O5S2/c1-3-13(25-20-23-7-8-24-20)17-26-27-18(33-17)16(22)19(29)32-15(28)10-14(21)34(30,31)12-6-4-5-11(2)9-12/h4-6,9,13-14,16H,3,7-8,10,21-22H2,1-2H3,(H2,23,24,25). The molecule has 0 aliphatic carbocycles. The summed E-state index contributed by atoms with van der Waals surface area (Å²) in [7, 11) is -3.99. The number of nitrogens with one attached hydrogen (secondary N) is 2. The van der Waals surface area contributed by atoms with Crippen LogP contribution in [0, 0.1) is 6.92 Å². The van der Waals surface area contributed by atoms with Gasteiger partial charge in [-0.3, -0.25) is 9.79 Å². The van der Waals surface area contributed by atoms with Crippen molar-refractivity contribution in [3.8, 4) is 0 Å². The van der Waals surface area contributed by atoms with Gasteiger partial charge in [0.2, 0.25) is 0 Å². The number of hydrogen-bond acceptors (Lipinski definition) is 13. The second-order valence-electron chi connectivity index (χ2n) is 7.62. The zero-order chi connectivity index (χ0) is 24.9. The number of aromatic nitrogens is 2. The number of guanidine groups is 1. The van der Waals surface area contributed by atoms with Gasteiger partial charge < -0.3 is 26.8 Å². The Morgan fingerprint density at radius 2 is 2.00 bits per heavy atom. The van der Waals surface area contributed by atoms with Gasteiger partial charge >= 0.3 is 11.9 Å². The molecule has 0 spiro atoms. The van der Waals surface area contributed by atoms with E-state index in [1.165, 1.54) is 12.1 Å². The lowest BCUT2D eigenvalue weighted by Crippen LogP contribution is -2.36. The van der Waals surface area contributed by atoms with Crippen molar-refractivity contribution in [2.24, 2.45) is 16.5 Å². The highest BCUT2D eigenvalue weighted by Crippen LogP contribution is 2.25. The predicted octanol–water partition coefficient (Wildman–Crippen LogP) is 0.0648. The van der Waals surface area contributed by atoms with E-state index in [-0.39, 0.29) is 15.9 Å². The Balaban J connectivity index is 1.59. The van der Waals surface area contributed by atoms with Crippen LogP contribution in [0.1, 0.15) is 47.4 Å². The van der Waals surface area contributed by atoms with Crippen LogP contribution in [0.5, 0.6) is 0 Å². The smallest absolute Gasteiger partial charge is 0.337 e. The molecule has 0 saturated carbocycles. The van der Waals surface area contributed by atoms with Crippen LogP contribution in [0.4, 0.5) is 0 Å². The summed E-state index contributed by atoms with van der Waals surface area (Å²) in [5.74, 6) is -1.52. The van der Waals surface area contributed by atoms with E-state index in [4.69, 9.17) is 16.2 Å². The van der Waals surface area contributed by atoms with Gasteiger partial charge in [0.1, 0.15) is 15.4 Å². The molecule has 0 bridgehead atoms. The molecule has 2 aromatic rings. The lowest BCUT2D eigenvalue weighted by atomic mass is 10.2. The van der Waals surface area contributed by atoms with Gasteiger partial charge in [-0.05, 0) is 31.0 Å². The number of esters is 2. The molecule has 1 aliphatic rings. The summed E-state index contributed by atoms with van der Waals surface area (Å²) in [5.41, 5.74) is 12.4. The summed E-state index contributed by atoms with van der Waals surface area (Å²) >= 11 is 1.10. The van der Waals surface area contributed by atoms with Gasteiger partial charge in [-0.25, -0.2) is 13.2 Å². The fourth-order valence-electron chi connectivity index (χ4n) is 3.07. The Morgan fingerprint density at radius 1 is 1.26 bits per heavy atom. The number of rotatable bonds is 9. The Morgan fingerprint density at radius 3 is 2.65 bits per heavy atom. The lowest BCUT2D eigenvalue weighted by molar-refractivity contribution is -0.160. The molecule has 3 atom stereocenters. The quantitative estimate of drug-likeness (QED) is 0.264. The second kappa shape index (κ2) is 11.0. The summed E-state index contributed by atoms with van der Waals surface area (Å²) in [6, 6.07) is 4.58. The molecule has 14 heteroatoms.